The molecule has 0 radical (unpaired) electrons. The molecule has 0 unspecified atom stereocenters. The maximum absolute atomic E-state index is 4.49. The van der Waals surface area contributed by atoms with Crippen molar-refractivity contribution in [2.75, 3.05) is 11.5 Å². The SMILES string of the molecule is CCSCCn1ccc(CNC(C)C)n1. The minimum absolute atomic E-state index is 0.519. The first kappa shape index (κ1) is 12.6. The molecule has 15 heavy (non-hydrogen) atoms. The Bertz CT molecular complexity index is 271. The van der Waals surface area contributed by atoms with Crippen molar-refractivity contribution in [1.82, 2.24) is 15.1 Å². The van der Waals surface area contributed by atoms with Crippen molar-refractivity contribution < 1.29 is 0 Å². The molecule has 1 aromatic rings. The van der Waals surface area contributed by atoms with Gasteiger partial charge in [-0.05, 0) is 11.8 Å². The lowest BCUT2D eigenvalue weighted by Gasteiger charge is -2.05. The van der Waals surface area contributed by atoms with Gasteiger partial charge in [0.2, 0.25) is 0 Å². The normalized spacial score (nSPS) is 11.2. The molecular weight excluding hydrogens is 206 g/mol. The summed E-state index contributed by atoms with van der Waals surface area (Å²) in [6.45, 7) is 8.36. The Kier molecular flexibility index (Phi) is 5.79. The van der Waals surface area contributed by atoms with E-state index in [0.717, 1.165) is 24.5 Å². The van der Waals surface area contributed by atoms with Crippen LogP contribution in [0.3, 0.4) is 0 Å². The van der Waals surface area contributed by atoms with Crippen molar-refractivity contribution in [3.05, 3.63) is 18.0 Å². The molecule has 1 rings (SSSR count). The van der Waals surface area contributed by atoms with Gasteiger partial charge in [0.25, 0.3) is 0 Å². The molecule has 1 N–H and O–H groups in total. The minimum atomic E-state index is 0.519. The highest BCUT2D eigenvalue weighted by Gasteiger charge is 1.99. The van der Waals surface area contributed by atoms with Gasteiger partial charge in [-0.2, -0.15) is 16.9 Å². The van der Waals surface area contributed by atoms with Crippen LogP contribution in [0.1, 0.15) is 26.5 Å². The Morgan fingerprint density at radius 1 is 1.53 bits per heavy atom. The summed E-state index contributed by atoms with van der Waals surface area (Å²) >= 11 is 1.95. The molecule has 1 heterocycles. The van der Waals surface area contributed by atoms with Crippen LogP contribution in [0.2, 0.25) is 0 Å². The van der Waals surface area contributed by atoms with Crippen LogP contribution < -0.4 is 5.32 Å². The number of nitrogens with one attached hydrogen (secondary N) is 1. The van der Waals surface area contributed by atoms with Crippen LogP contribution in [0.15, 0.2) is 12.3 Å². The van der Waals surface area contributed by atoms with E-state index in [0.29, 0.717) is 6.04 Å². The smallest absolute Gasteiger partial charge is 0.0762 e. The molecule has 0 saturated heterocycles. The molecule has 0 atom stereocenters. The standard InChI is InChI=1S/C11H21N3S/c1-4-15-8-7-14-6-5-11(13-14)9-12-10(2)3/h5-6,10,12H,4,7-9H2,1-3H3. The molecule has 0 aliphatic carbocycles. The van der Waals surface area contributed by atoms with Crippen molar-refractivity contribution in [2.24, 2.45) is 0 Å². The first-order valence-electron chi connectivity index (χ1n) is 5.55. The summed E-state index contributed by atoms with van der Waals surface area (Å²) in [4.78, 5) is 0. The maximum atomic E-state index is 4.49. The first-order valence-corrected chi connectivity index (χ1v) is 6.71. The van der Waals surface area contributed by atoms with Crippen LogP contribution in [-0.4, -0.2) is 27.3 Å². The van der Waals surface area contributed by atoms with Gasteiger partial charge in [-0.3, -0.25) is 4.68 Å². The van der Waals surface area contributed by atoms with Crippen LogP contribution >= 0.6 is 11.8 Å². The van der Waals surface area contributed by atoms with Gasteiger partial charge < -0.3 is 5.32 Å². The van der Waals surface area contributed by atoms with E-state index in [1.165, 1.54) is 5.75 Å². The lowest BCUT2D eigenvalue weighted by Crippen LogP contribution is -2.22. The number of nitrogens with zero attached hydrogens (tertiary/aromatic N) is 2. The second-order valence-corrected chi connectivity index (χ2v) is 5.20. The second-order valence-electron chi connectivity index (χ2n) is 3.80. The number of hydrogen-bond acceptors (Lipinski definition) is 3. The summed E-state index contributed by atoms with van der Waals surface area (Å²) in [5.41, 5.74) is 1.13. The lowest BCUT2D eigenvalue weighted by atomic mass is 10.3. The predicted octanol–water partition coefficient (Wildman–Crippen LogP) is 2.13. The van der Waals surface area contributed by atoms with Crippen LogP contribution in [0.4, 0.5) is 0 Å². The van der Waals surface area contributed by atoms with Gasteiger partial charge >= 0.3 is 0 Å². The van der Waals surface area contributed by atoms with Crippen molar-refractivity contribution in [3.63, 3.8) is 0 Å². The Morgan fingerprint density at radius 2 is 2.33 bits per heavy atom. The molecule has 0 spiro atoms. The molecule has 3 nitrogen and oxygen atoms in total. The summed E-state index contributed by atoms with van der Waals surface area (Å²) in [6, 6.07) is 2.61. The third kappa shape index (κ3) is 5.23. The van der Waals surface area contributed by atoms with Crippen LogP contribution in [0, 0.1) is 0 Å². The topological polar surface area (TPSA) is 29.9 Å². The number of thioether (sulfide) groups is 1. The van der Waals surface area contributed by atoms with E-state index in [4.69, 9.17) is 0 Å². The zero-order valence-electron chi connectivity index (χ0n) is 9.86. The summed E-state index contributed by atoms with van der Waals surface area (Å²) in [6.07, 6.45) is 2.06. The zero-order chi connectivity index (χ0) is 11.1. The molecule has 86 valence electrons. The average molecular weight is 227 g/mol. The lowest BCUT2D eigenvalue weighted by molar-refractivity contribution is 0.568. The van der Waals surface area contributed by atoms with Gasteiger partial charge in [0.05, 0.1) is 5.69 Å². The van der Waals surface area contributed by atoms with E-state index in [9.17, 15) is 0 Å². The Hall–Kier alpha value is -0.480. The fourth-order valence-corrected chi connectivity index (χ4v) is 1.84. The molecule has 0 aliphatic heterocycles. The fourth-order valence-electron chi connectivity index (χ4n) is 1.23. The number of hydrogen-bond donors (Lipinski definition) is 1. The van der Waals surface area contributed by atoms with Gasteiger partial charge in [-0.1, -0.05) is 20.8 Å². The third-order valence-corrected chi connectivity index (χ3v) is 2.94. The van der Waals surface area contributed by atoms with Crippen LogP contribution in [0.5, 0.6) is 0 Å². The minimum Gasteiger partial charge on any atom is -0.309 e. The highest BCUT2D eigenvalue weighted by Crippen LogP contribution is 2.01. The van der Waals surface area contributed by atoms with E-state index in [1.807, 2.05) is 16.4 Å². The summed E-state index contributed by atoms with van der Waals surface area (Å²) < 4.78 is 2.03. The average Bonchev–Trinajstić information content (AvgIpc) is 2.63. The van der Waals surface area contributed by atoms with E-state index in [2.05, 4.69) is 43.4 Å². The van der Waals surface area contributed by atoms with Gasteiger partial charge in [0.1, 0.15) is 0 Å². The van der Waals surface area contributed by atoms with Gasteiger partial charge in [-0.15, -0.1) is 0 Å². The molecule has 4 heteroatoms. The molecule has 0 bridgehead atoms. The number of rotatable bonds is 7. The highest BCUT2D eigenvalue weighted by atomic mass is 32.2. The van der Waals surface area contributed by atoms with Crippen LogP contribution in [0.25, 0.3) is 0 Å². The molecule has 1 aromatic heterocycles. The molecular formula is C11H21N3S. The molecule has 0 amide bonds. The Labute approximate surface area is 96.6 Å². The first-order chi connectivity index (χ1) is 7.22. The molecule has 0 aliphatic rings. The summed E-state index contributed by atoms with van der Waals surface area (Å²) in [5.74, 6) is 2.33. The van der Waals surface area contributed by atoms with E-state index in [-0.39, 0.29) is 0 Å². The van der Waals surface area contributed by atoms with E-state index in [1.54, 1.807) is 0 Å². The quantitative estimate of drug-likeness (QED) is 0.724. The summed E-state index contributed by atoms with van der Waals surface area (Å²) in [5, 5.41) is 7.86. The van der Waals surface area contributed by atoms with Gasteiger partial charge in [0, 0.05) is 31.1 Å². The Balaban J connectivity index is 2.29. The maximum Gasteiger partial charge on any atom is 0.0762 e. The van der Waals surface area contributed by atoms with Crippen molar-refractivity contribution in [1.29, 1.82) is 0 Å². The summed E-state index contributed by atoms with van der Waals surface area (Å²) in [7, 11) is 0. The van der Waals surface area contributed by atoms with E-state index >= 15 is 0 Å². The number of aromatic nitrogens is 2. The molecule has 0 fully saturated rings. The fraction of sp³-hybridized carbons (Fsp3) is 0.727. The molecule has 0 saturated carbocycles. The van der Waals surface area contributed by atoms with Gasteiger partial charge in [0.15, 0.2) is 0 Å². The largest absolute Gasteiger partial charge is 0.309 e. The van der Waals surface area contributed by atoms with Crippen LogP contribution in [-0.2, 0) is 13.1 Å². The van der Waals surface area contributed by atoms with Crippen molar-refractivity contribution in [2.45, 2.75) is 39.9 Å². The third-order valence-electron chi connectivity index (χ3n) is 2.06. The van der Waals surface area contributed by atoms with E-state index < -0.39 is 0 Å². The number of aryl methyl sites for hydroxylation is 1. The van der Waals surface area contributed by atoms with Crippen molar-refractivity contribution >= 4 is 11.8 Å². The molecule has 0 aromatic carbocycles. The van der Waals surface area contributed by atoms with Crippen molar-refractivity contribution in [3.8, 4) is 0 Å². The van der Waals surface area contributed by atoms with Gasteiger partial charge in [-0.25, -0.2) is 0 Å². The zero-order valence-corrected chi connectivity index (χ0v) is 10.7. The Morgan fingerprint density at radius 3 is 3.00 bits per heavy atom. The highest BCUT2D eigenvalue weighted by molar-refractivity contribution is 7.99. The second kappa shape index (κ2) is 6.90. The monoisotopic (exact) mass is 227 g/mol. The predicted molar refractivity (Wildman–Crippen MR) is 67.2 cm³/mol.